The van der Waals surface area contributed by atoms with Gasteiger partial charge < -0.3 is 19.4 Å². The van der Waals surface area contributed by atoms with Crippen LogP contribution in [0.15, 0.2) is 54.6 Å². The molecule has 3 rings (SSSR count). The molecule has 1 aliphatic rings. The molecule has 2 aromatic rings. The van der Waals surface area contributed by atoms with Gasteiger partial charge >= 0.3 is 12.2 Å². The smallest absolute Gasteiger partial charge is 0.434 e. The summed E-state index contributed by atoms with van der Waals surface area (Å²) in [5, 5.41) is 0. The number of benzene rings is 2. The van der Waals surface area contributed by atoms with Gasteiger partial charge in [0.05, 0.1) is 6.42 Å². The fourth-order valence-corrected chi connectivity index (χ4v) is 3.91. The number of amides is 3. The molecule has 0 aromatic heterocycles. The second-order valence-corrected chi connectivity index (χ2v) is 10.0. The number of hydrogen-bond acceptors (Lipinski definition) is 5. The maximum atomic E-state index is 12.3. The van der Waals surface area contributed by atoms with Gasteiger partial charge in [-0.25, -0.2) is 9.59 Å². The van der Waals surface area contributed by atoms with Gasteiger partial charge in [0, 0.05) is 26.2 Å². The number of aryl methyl sites for hydroxylation is 2. The second-order valence-electron chi connectivity index (χ2n) is 10.0. The van der Waals surface area contributed by atoms with Gasteiger partial charge in [-0.15, -0.1) is 0 Å². The number of nitrogens with zero attached hydrogens (tertiary/aromatic N) is 2. The third-order valence-corrected chi connectivity index (χ3v) is 5.85. The van der Waals surface area contributed by atoms with Crippen LogP contribution >= 0.6 is 0 Å². The normalized spacial score (nSPS) is 13.8. The summed E-state index contributed by atoms with van der Waals surface area (Å²) in [7, 11) is 0. The molecule has 0 unspecified atom stereocenters. The Morgan fingerprint density at radius 3 is 1.81 bits per heavy atom. The molecule has 0 bridgehead atoms. The summed E-state index contributed by atoms with van der Waals surface area (Å²) in [4.78, 5) is 44.6. The molecular weight excluding hydrogens is 458 g/mol. The average molecular weight is 496 g/mol. The molecule has 1 fully saturated rings. The number of ether oxygens (including phenoxy) is 1. The van der Waals surface area contributed by atoms with Crippen molar-refractivity contribution in [3.8, 4) is 0 Å². The van der Waals surface area contributed by atoms with Gasteiger partial charge in [-0.3, -0.25) is 4.79 Å². The molecule has 194 valence electrons. The number of hydrogen-bond donors (Lipinski definition) is 1. The van der Waals surface area contributed by atoms with Crippen LogP contribution in [0.4, 0.5) is 9.59 Å². The van der Waals surface area contributed by atoms with Crippen LogP contribution in [0.5, 0.6) is 0 Å². The second kappa shape index (κ2) is 13.0. The monoisotopic (exact) mass is 495 g/mol. The van der Waals surface area contributed by atoms with Crippen LogP contribution in [0, 0.1) is 0 Å². The van der Waals surface area contributed by atoms with Crippen molar-refractivity contribution in [1.82, 2.24) is 15.3 Å². The van der Waals surface area contributed by atoms with Crippen molar-refractivity contribution in [2.24, 2.45) is 0 Å². The Balaban J connectivity index is 1.32. The number of nitrogens with one attached hydrogen (secondary N) is 1. The number of piperazine rings is 1. The van der Waals surface area contributed by atoms with Crippen molar-refractivity contribution in [1.29, 1.82) is 0 Å². The lowest BCUT2D eigenvalue weighted by Gasteiger charge is -2.34. The van der Waals surface area contributed by atoms with E-state index in [0.29, 0.717) is 26.2 Å². The lowest BCUT2D eigenvalue weighted by molar-refractivity contribution is -0.129. The van der Waals surface area contributed by atoms with E-state index in [4.69, 9.17) is 9.57 Å². The predicted octanol–water partition coefficient (Wildman–Crippen LogP) is 4.52. The van der Waals surface area contributed by atoms with E-state index in [9.17, 15) is 14.4 Å². The molecule has 1 N–H and O–H groups in total. The summed E-state index contributed by atoms with van der Waals surface area (Å²) >= 11 is 0. The Hall–Kier alpha value is -3.55. The highest BCUT2D eigenvalue weighted by Gasteiger charge is 2.28. The molecule has 0 spiro atoms. The third kappa shape index (κ3) is 9.24. The predicted molar refractivity (Wildman–Crippen MR) is 137 cm³/mol. The maximum absolute atomic E-state index is 12.3. The van der Waals surface area contributed by atoms with Crippen molar-refractivity contribution in [2.75, 3.05) is 26.2 Å². The molecule has 8 heteroatoms. The van der Waals surface area contributed by atoms with Crippen LogP contribution in [0.2, 0.25) is 0 Å². The Labute approximate surface area is 213 Å². The van der Waals surface area contributed by atoms with Gasteiger partial charge in [0.15, 0.2) is 0 Å². The van der Waals surface area contributed by atoms with E-state index >= 15 is 0 Å². The summed E-state index contributed by atoms with van der Waals surface area (Å²) in [6, 6.07) is 18.4. The van der Waals surface area contributed by atoms with Crippen molar-refractivity contribution in [3.05, 3.63) is 71.3 Å². The summed E-state index contributed by atoms with van der Waals surface area (Å²) in [5.74, 6) is -0.397. The molecule has 0 radical (unpaired) electrons. The molecule has 2 aromatic carbocycles. The zero-order valence-corrected chi connectivity index (χ0v) is 21.5. The van der Waals surface area contributed by atoms with Crippen LogP contribution in [0.1, 0.15) is 50.3 Å². The van der Waals surface area contributed by atoms with Gasteiger partial charge in [-0.2, -0.15) is 5.48 Å². The van der Waals surface area contributed by atoms with E-state index in [1.807, 2.05) is 51.1 Å². The first-order chi connectivity index (χ1) is 17.2. The van der Waals surface area contributed by atoms with Gasteiger partial charge in [-0.1, -0.05) is 54.6 Å². The van der Waals surface area contributed by atoms with Crippen molar-refractivity contribution in [3.63, 3.8) is 0 Å². The molecule has 0 atom stereocenters. The van der Waals surface area contributed by atoms with Crippen LogP contribution < -0.4 is 5.48 Å². The van der Waals surface area contributed by atoms with Crippen LogP contribution in [0.3, 0.4) is 0 Å². The number of unbranched alkanes of at least 4 members (excludes halogenated alkanes) is 1. The Kier molecular flexibility index (Phi) is 9.73. The fraction of sp³-hybridized carbons (Fsp3) is 0.464. The van der Waals surface area contributed by atoms with Gasteiger partial charge in [-0.05, 0) is 63.1 Å². The standard InChI is InChI=1S/C28H37N3O5/c1-28(2,3)35-26(33)30-17-19-31(20-18-30)27(34)36-29-25(32)21-24-15-13-23(14-16-24)12-8-7-11-22-9-5-4-6-10-22/h4-6,9-10,13-16H,7-8,11-12,17-21H2,1-3H3,(H,29,32). The summed E-state index contributed by atoms with van der Waals surface area (Å²) < 4.78 is 5.35. The first-order valence-corrected chi connectivity index (χ1v) is 12.5. The van der Waals surface area contributed by atoms with E-state index < -0.39 is 23.7 Å². The van der Waals surface area contributed by atoms with E-state index in [2.05, 4.69) is 29.7 Å². The highest BCUT2D eigenvalue weighted by Crippen LogP contribution is 2.13. The zero-order valence-electron chi connectivity index (χ0n) is 21.5. The van der Waals surface area contributed by atoms with Crippen molar-refractivity contribution in [2.45, 2.75) is 58.5 Å². The number of carbonyl (C=O) groups excluding carboxylic acids is 3. The number of hydroxylamine groups is 1. The first-order valence-electron chi connectivity index (χ1n) is 12.5. The van der Waals surface area contributed by atoms with Crippen LogP contribution in [-0.2, 0) is 33.6 Å². The highest BCUT2D eigenvalue weighted by atomic mass is 16.7. The SMILES string of the molecule is CC(C)(C)OC(=O)N1CCN(C(=O)ONC(=O)Cc2ccc(CCCCc3ccccc3)cc2)CC1. The average Bonchev–Trinajstić information content (AvgIpc) is 2.86. The molecule has 0 saturated carbocycles. The topological polar surface area (TPSA) is 88.2 Å². The van der Waals surface area contributed by atoms with E-state index in [1.54, 1.807) is 4.90 Å². The zero-order chi connectivity index (χ0) is 26.0. The van der Waals surface area contributed by atoms with E-state index in [-0.39, 0.29) is 6.42 Å². The summed E-state index contributed by atoms with van der Waals surface area (Å²) in [5.41, 5.74) is 5.11. The molecule has 1 heterocycles. The quantitative estimate of drug-likeness (QED) is 0.451. The number of rotatable bonds is 7. The van der Waals surface area contributed by atoms with Gasteiger partial charge in [0.2, 0.25) is 0 Å². The molecule has 1 saturated heterocycles. The molecule has 8 nitrogen and oxygen atoms in total. The lowest BCUT2D eigenvalue weighted by Crippen LogP contribution is -2.52. The third-order valence-electron chi connectivity index (χ3n) is 5.85. The van der Waals surface area contributed by atoms with Gasteiger partial charge in [0.1, 0.15) is 5.60 Å². The maximum Gasteiger partial charge on any atom is 0.434 e. The minimum atomic E-state index is -0.641. The molecule has 0 aliphatic carbocycles. The Bertz CT molecular complexity index is 994. The molecular formula is C28H37N3O5. The summed E-state index contributed by atoms with van der Waals surface area (Å²) in [6.45, 7) is 6.73. The number of carbonyl (C=O) groups is 3. The highest BCUT2D eigenvalue weighted by molar-refractivity contribution is 5.79. The van der Waals surface area contributed by atoms with E-state index in [1.165, 1.54) is 16.0 Å². The minimum absolute atomic E-state index is 0.119. The molecule has 3 amide bonds. The van der Waals surface area contributed by atoms with Crippen LogP contribution in [-0.4, -0.2) is 59.7 Å². The lowest BCUT2D eigenvalue weighted by atomic mass is 10.0. The summed E-state index contributed by atoms with van der Waals surface area (Å²) in [6.07, 6.45) is 3.40. The Morgan fingerprint density at radius 1 is 0.750 bits per heavy atom. The van der Waals surface area contributed by atoms with Crippen molar-refractivity contribution < 1.29 is 24.0 Å². The largest absolute Gasteiger partial charge is 0.444 e. The van der Waals surface area contributed by atoms with E-state index in [0.717, 1.165) is 31.2 Å². The van der Waals surface area contributed by atoms with Crippen LogP contribution in [0.25, 0.3) is 0 Å². The molecule has 1 aliphatic heterocycles. The van der Waals surface area contributed by atoms with Gasteiger partial charge in [0.25, 0.3) is 5.91 Å². The van der Waals surface area contributed by atoms with Crippen molar-refractivity contribution >= 4 is 18.1 Å². The fourth-order valence-electron chi connectivity index (χ4n) is 3.91. The minimum Gasteiger partial charge on any atom is -0.444 e. The Morgan fingerprint density at radius 2 is 1.25 bits per heavy atom. The molecule has 36 heavy (non-hydrogen) atoms. The first kappa shape index (κ1) is 27.0.